The van der Waals surface area contributed by atoms with E-state index in [-0.39, 0.29) is 11.7 Å². The molecule has 0 aliphatic rings. The molecule has 8 heteroatoms. The molecule has 0 saturated heterocycles. The van der Waals surface area contributed by atoms with Crippen molar-refractivity contribution in [2.45, 2.75) is 5.22 Å². The Bertz CT molecular complexity index is 856. The highest BCUT2D eigenvalue weighted by Crippen LogP contribution is 2.30. The number of benzene rings is 2. The maximum absolute atomic E-state index is 12.0. The van der Waals surface area contributed by atoms with E-state index in [1.54, 1.807) is 18.2 Å². The number of nitrogens with one attached hydrogen (secondary N) is 1. The second-order valence-electron chi connectivity index (χ2n) is 4.68. The Labute approximate surface area is 152 Å². The first-order chi connectivity index (χ1) is 11.6. The van der Waals surface area contributed by atoms with Crippen LogP contribution in [-0.4, -0.2) is 21.9 Å². The highest BCUT2D eigenvalue weighted by atomic mass is 35.5. The van der Waals surface area contributed by atoms with Gasteiger partial charge < -0.3 is 9.73 Å². The van der Waals surface area contributed by atoms with Gasteiger partial charge in [0.1, 0.15) is 0 Å². The molecule has 0 radical (unpaired) electrons. The minimum atomic E-state index is -0.247. The van der Waals surface area contributed by atoms with Gasteiger partial charge in [0.15, 0.2) is 0 Å². The third-order valence-corrected chi connectivity index (χ3v) is 4.62. The molecule has 0 aliphatic heterocycles. The summed E-state index contributed by atoms with van der Waals surface area (Å²) in [5.74, 6) is 0.277. The molecule has 0 aliphatic carbocycles. The smallest absolute Gasteiger partial charge is 0.277 e. The minimum Gasteiger partial charge on any atom is -0.411 e. The number of carbonyl (C=O) groups excluding carboxylic acids is 1. The molecule has 1 heterocycles. The number of hydrogen-bond acceptors (Lipinski definition) is 5. The predicted octanol–water partition coefficient (Wildman–Crippen LogP) is 4.77. The quantitative estimate of drug-likeness (QED) is 0.646. The summed E-state index contributed by atoms with van der Waals surface area (Å²) < 4.78 is 5.53. The van der Waals surface area contributed by atoms with Crippen LogP contribution in [0.2, 0.25) is 10.0 Å². The molecular weight excluding hydrogens is 369 g/mol. The minimum absolute atomic E-state index is 0.110. The van der Waals surface area contributed by atoms with Crippen molar-refractivity contribution in [3.63, 3.8) is 0 Å². The average molecular weight is 380 g/mol. The summed E-state index contributed by atoms with van der Waals surface area (Å²) >= 11 is 13.1. The molecule has 1 N–H and O–H groups in total. The van der Waals surface area contributed by atoms with Gasteiger partial charge in [0.05, 0.1) is 21.5 Å². The lowest BCUT2D eigenvalue weighted by Gasteiger charge is -2.07. The lowest BCUT2D eigenvalue weighted by molar-refractivity contribution is -0.113. The SMILES string of the molecule is O=C(CSc1nnc(-c2ccccc2)o1)Nc1cccc(Cl)c1Cl. The first-order valence-electron chi connectivity index (χ1n) is 6.89. The number of amides is 1. The van der Waals surface area contributed by atoms with E-state index in [4.69, 9.17) is 27.6 Å². The van der Waals surface area contributed by atoms with Gasteiger partial charge in [-0.05, 0) is 24.3 Å². The Hall–Kier alpha value is -2.02. The van der Waals surface area contributed by atoms with E-state index < -0.39 is 0 Å². The summed E-state index contributed by atoms with van der Waals surface area (Å²) in [5.41, 5.74) is 1.29. The molecule has 1 amide bonds. The average Bonchev–Trinajstić information content (AvgIpc) is 3.07. The number of halogens is 2. The van der Waals surface area contributed by atoms with Crippen LogP contribution in [0.1, 0.15) is 0 Å². The van der Waals surface area contributed by atoms with Gasteiger partial charge in [0.2, 0.25) is 11.8 Å². The molecule has 0 unspecified atom stereocenters. The van der Waals surface area contributed by atoms with Crippen molar-refractivity contribution in [2.75, 3.05) is 11.1 Å². The first kappa shape index (κ1) is 16.8. The van der Waals surface area contributed by atoms with Crippen LogP contribution in [0.15, 0.2) is 58.2 Å². The van der Waals surface area contributed by atoms with Crippen LogP contribution in [-0.2, 0) is 4.79 Å². The van der Waals surface area contributed by atoms with Crippen LogP contribution in [0.25, 0.3) is 11.5 Å². The molecule has 24 heavy (non-hydrogen) atoms. The van der Waals surface area contributed by atoms with Crippen LogP contribution >= 0.6 is 35.0 Å². The first-order valence-corrected chi connectivity index (χ1v) is 8.63. The molecule has 0 bridgehead atoms. The number of nitrogens with zero attached hydrogens (tertiary/aromatic N) is 2. The fourth-order valence-corrected chi connectivity index (χ4v) is 2.79. The van der Waals surface area contributed by atoms with Crippen LogP contribution in [0.4, 0.5) is 5.69 Å². The number of rotatable bonds is 5. The van der Waals surface area contributed by atoms with Gasteiger partial charge in [-0.2, -0.15) is 0 Å². The summed E-state index contributed by atoms with van der Waals surface area (Å²) in [5, 5.41) is 11.6. The maximum Gasteiger partial charge on any atom is 0.277 e. The van der Waals surface area contributed by atoms with Crippen molar-refractivity contribution >= 4 is 46.6 Å². The van der Waals surface area contributed by atoms with Gasteiger partial charge in [-0.1, -0.05) is 59.2 Å². The largest absolute Gasteiger partial charge is 0.411 e. The molecule has 3 rings (SSSR count). The van der Waals surface area contributed by atoms with Gasteiger partial charge in [-0.25, -0.2) is 0 Å². The second kappa shape index (κ2) is 7.70. The Balaban J connectivity index is 1.59. The molecule has 0 fully saturated rings. The fraction of sp³-hybridized carbons (Fsp3) is 0.0625. The van der Waals surface area contributed by atoms with Gasteiger partial charge >= 0.3 is 0 Å². The molecule has 2 aromatic carbocycles. The Morgan fingerprint density at radius 2 is 1.88 bits per heavy atom. The van der Waals surface area contributed by atoms with Gasteiger partial charge in [0.25, 0.3) is 5.22 Å². The van der Waals surface area contributed by atoms with Crippen LogP contribution in [0.5, 0.6) is 0 Å². The van der Waals surface area contributed by atoms with Gasteiger partial charge in [0, 0.05) is 5.56 Å². The number of carbonyl (C=O) groups is 1. The number of anilines is 1. The molecule has 0 saturated carbocycles. The Kier molecular flexibility index (Phi) is 5.40. The Morgan fingerprint density at radius 3 is 2.67 bits per heavy atom. The van der Waals surface area contributed by atoms with E-state index in [1.165, 1.54) is 0 Å². The van der Waals surface area contributed by atoms with Crippen molar-refractivity contribution < 1.29 is 9.21 Å². The summed E-state index contributed by atoms with van der Waals surface area (Å²) in [6.07, 6.45) is 0. The Morgan fingerprint density at radius 1 is 1.08 bits per heavy atom. The summed E-state index contributed by atoms with van der Waals surface area (Å²) in [6.45, 7) is 0. The molecule has 0 spiro atoms. The van der Waals surface area contributed by atoms with Gasteiger partial charge in [-0.15, -0.1) is 10.2 Å². The monoisotopic (exact) mass is 379 g/mol. The van der Waals surface area contributed by atoms with E-state index in [0.29, 0.717) is 26.8 Å². The zero-order chi connectivity index (χ0) is 16.9. The van der Waals surface area contributed by atoms with Crippen molar-refractivity contribution in [3.05, 3.63) is 58.6 Å². The molecular formula is C16H11Cl2N3O2S. The van der Waals surface area contributed by atoms with E-state index in [1.807, 2.05) is 30.3 Å². The van der Waals surface area contributed by atoms with E-state index in [9.17, 15) is 4.79 Å². The number of thioether (sulfide) groups is 1. The topological polar surface area (TPSA) is 68.0 Å². The normalized spacial score (nSPS) is 10.6. The third-order valence-electron chi connectivity index (χ3n) is 2.98. The van der Waals surface area contributed by atoms with Crippen molar-refractivity contribution in [1.29, 1.82) is 0 Å². The van der Waals surface area contributed by atoms with Crippen LogP contribution in [0.3, 0.4) is 0 Å². The number of hydrogen-bond donors (Lipinski definition) is 1. The molecule has 1 aromatic heterocycles. The molecule has 5 nitrogen and oxygen atoms in total. The summed E-state index contributed by atoms with van der Waals surface area (Å²) in [7, 11) is 0. The molecule has 122 valence electrons. The van der Waals surface area contributed by atoms with Crippen LogP contribution < -0.4 is 5.32 Å². The summed E-state index contributed by atoms with van der Waals surface area (Å²) in [6, 6.07) is 14.4. The predicted molar refractivity (Wildman–Crippen MR) is 95.5 cm³/mol. The fourth-order valence-electron chi connectivity index (χ4n) is 1.88. The zero-order valence-electron chi connectivity index (χ0n) is 12.2. The third kappa shape index (κ3) is 4.08. The second-order valence-corrected chi connectivity index (χ2v) is 6.39. The lowest BCUT2D eigenvalue weighted by atomic mass is 10.2. The zero-order valence-corrected chi connectivity index (χ0v) is 14.5. The standard InChI is InChI=1S/C16H11Cl2N3O2S/c17-11-7-4-8-12(14(11)18)19-13(22)9-24-16-21-20-15(23-16)10-5-2-1-3-6-10/h1-8H,9H2,(H,19,22). The van der Waals surface area contributed by atoms with Crippen molar-refractivity contribution in [3.8, 4) is 11.5 Å². The molecule has 3 aromatic rings. The van der Waals surface area contributed by atoms with E-state index >= 15 is 0 Å². The number of aromatic nitrogens is 2. The van der Waals surface area contributed by atoms with Crippen LogP contribution in [0, 0.1) is 0 Å². The maximum atomic E-state index is 12.0. The van der Waals surface area contributed by atoms with Crippen molar-refractivity contribution in [1.82, 2.24) is 10.2 Å². The lowest BCUT2D eigenvalue weighted by Crippen LogP contribution is -2.14. The molecule has 0 atom stereocenters. The van der Waals surface area contributed by atoms with Gasteiger partial charge in [-0.3, -0.25) is 4.79 Å². The highest BCUT2D eigenvalue weighted by Gasteiger charge is 2.12. The van der Waals surface area contributed by atoms with E-state index in [2.05, 4.69) is 15.5 Å². The highest BCUT2D eigenvalue weighted by molar-refractivity contribution is 7.99. The van der Waals surface area contributed by atoms with Crippen molar-refractivity contribution in [2.24, 2.45) is 0 Å². The summed E-state index contributed by atoms with van der Waals surface area (Å²) in [4.78, 5) is 12.0. The van der Waals surface area contributed by atoms with E-state index in [0.717, 1.165) is 17.3 Å².